The molecule has 2 amide bonds. The molecule has 0 atom stereocenters. The van der Waals surface area contributed by atoms with Crippen LogP contribution in [0.4, 0.5) is 11.4 Å². The van der Waals surface area contributed by atoms with Gasteiger partial charge in [0.05, 0.1) is 17.8 Å². The lowest BCUT2D eigenvalue weighted by Gasteiger charge is -2.18. The molecule has 0 saturated heterocycles. The third-order valence-electron chi connectivity index (χ3n) is 5.51. The van der Waals surface area contributed by atoms with Crippen LogP contribution >= 0.6 is 15.9 Å². The Kier molecular flexibility index (Phi) is 6.07. The minimum atomic E-state index is -3.74. The van der Waals surface area contributed by atoms with Crippen molar-refractivity contribution in [1.29, 1.82) is 0 Å². The average molecular weight is 507 g/mol. The van der Waals surface area contributed by atoms with Gasteiger partial charge in [0, 0.05) is 40.8 Å². The lowest BCUT2D eigenvalue weighted by molar-refractivity contribution is -0.119. The van der Waals surface area contributed by atoms with Gasteiger partial charge in [-0.05, 0) is 65.0 Å². The number of nitrogens with one attached hydrogen (secondary N) is 1. The van der Waals surface area contributed by atoms with Crippen LogP contribution in [-0.4, -0.2) is 39.6 Å². The molecule has 0 radical (unpaired) electrons. The first-order chi connectivity index (χ1) is 14.8. The van der Waals surface area contributed by atoms with Gasteiger partial charge in [-0.15, -0.1) is 0 Å². The molecule has 0 unspecified atom stereocenters. The van der Waals surface area contributed by atoms with Crippen molar-refractivity contribution in [2.75, 3.05) is 29.6 Å². The van der Waals surface area contributed by atoms with Crippen LogP contribution in [0.25, 0.3) is 0 Å². The van der Waals surface area contributed by atoms with E-state index in [0.29, 0.717) is 34.6 Å². The second kappa shape index (κ2) is 8.63. The van der Waals surface area contributed by atoms with E-state index < -0.39 is 15.7 Å². The molecule has 2 aliphatic rings. The van der Waals surface area contributed by atoms with Crippen molar-refractivity contribution in [2.24, 2.45) is 5.92 Å². The fraction of sp³-hybridized carbons (Fsp3) is 0.364. The maximum absolute atomic E-state index is 13.0. The number of carbonyl (C=O) groups is 2. The van der Waals surface area contributed by atoms with Gasteiger partial charge in [-0.2, -0.15) is 0 Å². The Morgan fingerprint density at radius 1 is 1.23 bits per heavy atom. The zero-order chi connectivity index (χ0) is 22.2. The Bertz CT molecular complexity index is 1140. The van der Waals surface area contributed by atoms with Crippen LogP contribution in [-0.2, 0) is 25.8 Å². The number of rotatable bonds is 7. The predicted octanol–water partition coefficient (Wildman–Crippen LogP) is 3.56. The number of sulfone groups is 1. The minimum Gasteiger partial charge on any atom is -0.497 e. The second-order valence-corrected chi connectivity index (χ2v) is 10.7. The second-order valence-electron chi connectivity index (χ2n) is 7.77. The van der Waals surface area contributed by atoms with E-state index >= 15 is 0 Å². The largest absolute Gasteiger partial charge is 0.497 e. The number of ether oxygens (including phenoxy) is 1. The van der Waals surface area contributed by atoms with E-state index in [1.807, 2.05) is 0 Å². The zero-order valence-corrected chi connectivity index (χ0v) is 19.5. The molecular formula is C22H23BrN2O5S. The van der Waals surface area contributed by atoms with Gasteiger partial charge in [-0.1, -0.05) is 6.07 Å². The van der Waals surface area contributed by atoms with Crippen molar-refractivity contribution in [3.63, 3.8) is 0 Å². The molecule has 31 heavy (non-hydrogen) atoms. The Balaban J connectivity index is 1.47. The molecule has 1 heterocycles. The molecule has 4 rings (SSSR count). The molecule has 2 aromatic rings. The van der Waals surface area contributed by atoms with Crippen molar-refractivity contribution in [3.05, 3.63) is 46.4 Å². The average Bonchev–Trinajstić information content (AvgIpc) is 3.51. The van der Waals surface area contributed by atoms with Crippen LogP contribution in [0.15, 0.2) is 45.8 Å². The van der Waals surface area contributed by atoms with Crippen LogP contribution in [0.2, 0.25) is 0 Å². The van der Waals surface area contributed by atoms with Gasteiger partial charge in [0.2, 0.25) is 11.8 Å². The van der Waals surface area contributed by atoms with Gasteiger partial charge in [0.15, 0.2) is 9.84 Å². The van der Waals surface area contributed by atoms with E-state index in [1.165, 1.54) is 7.11 Å². The fourth-order valence-electron chi connectivity index (χ4n) is 3.67. The van der Waals surface area contributed by atoms with Crippen LogP contribution in [0.1, 0.15) is 24.8 Å². The Labute approximate surface area is 189 Å². The number of nitrogens with zero attached hydrogens (tertiary/aromatic N) is 1. The topological polar surface area (TPSA) is 92.8 Å². The van der Waals surface area contributed by atoms with Crippen molar-refractivity contribution in [3.8, 4) is 5.75 Å². The Hall–Kier alpha value is -2.39. The standard InChI is InChI=1S/C22H23BrN2O5S/c1-30-17-4-2-3-16(12-17)24-21(26)8-10-31(28,29)20-13-19-15(11-18(20)23)7-9-25(19)22(27)14-5-6-14/h2-4,11-14H,5-10H2,1H3,(H,24,26). The molecule has 2 aromatic carbocycles. The molecular weight excluding hydrogens is 484 g/mol. The number of anilines is 2. The van der Waals surface area contributed by atoms with Crippen molar-refractivity contribution < 1.29 is 22.7 Å². The number of carbonyl (C=O) groups excluding carboxylic acids is 2. The molecule has 1 saturated carbocycles. The summed E-state index contributed by atoms with van der Waals surface area (Å²) in [4.78, 5) is 26.7. The van der Waals surface area contributed by atoms with E-state index in [0.717, 1.165) is 18.4 Å². The van der Waals surface area contributed by atoms with Gasteiger partial charge >= 0.3 is 0 Å². The highest BCUT2D eigenvalue weighted by Gasteiger charge is 2.37. The summed E-state index contributed by atoms with van der Waals surface area (Å²) in [5, 5.41) is 2.69. The first kappa shape index (κ1) is 21.8. The molecule has 7 nitrogen and oxygen atoms in total. The molecule has 0 bridgehead atoms. The lowest BCUT2D eigenvalue weighted by Crippen LogP contribution is -2.30. The van der Waals surface area contributed by atoms with E-state index in [-0.39, 0.29) is 28.9 Å². The zero-order valence-electron chi connectivity index (χ0n) is 17.1. The highest BCUT2D eigenvalue weighted by molar-refractivity contribution is 9.10. The summed E-state index contributed by atoms with van der Waals surface area (Å²) in [5.41, 5.74) is 2.16. The highest BCUT2D eigenvalue weighted by Crippen LogP contribution is 2.39. The van der Waals surface area contributed by atoms with Crippen molar-refractivity contribution in [1.82, 2.24) is 0 Å². The third-order valence-corrected chi connectivity index (χ3v) is 8.18. The minimum absolute atomic E-state index is 0.0648. The van der Waals surface area contributed by atoms with E-state index in [1.54, 1.807) is 41.3 Å². The first-order valence-electron chi connectivity index (χ1n) is 10.1. The fourth-order valence-corrected chi connectivity index (χ4v) is 6.12. The van der Waals surface area contributed by atoms with E-state index in [2.05, 4.69) is 21.2 Å². The summed E-state index contributed by atoms with van der Waals surface area (Å²) in [5.74, 6) is -0.00832. The first-order valence-corrected chi connectivity index (χ1v) is 12.5. The summed E-state index contributed by atoms with van der Waals surface area (Å²) < 4.78 is 31.6. The molecule has 0 spiro atoms. The number of benzene rings is 2. The molecule has 1 N–H and O–H groups in total. The molecule has 9 heteroatoms. The molecule has 1 aliphatic heterocycles. The molecule has 164 valence electrons. The number of hydrogen-bond acceptors (Lipinski definition) is 5. The number of hydrogen-bond donors (Lipinski definition) is 1. The van der Waals surface area contributed by atoms with Gasteiger partial charge in [0.25, 0.3) is 0 Å². The molecule has 1 aliphatic carbocycles. The normalized spacial score (nSPS) is 15.5. The smallest absolute Gasteiger partial charge is 0.230 e. The molecule has 1 fully saturated rings. The third kappa shape index (κ3) is 4.77. The van der Waals surface area contributed by atoms with Crippen LogP contribution in [0.5, 0.6) is 5.75 Å². The van der Waals surface area contributed by atoms with Crippen molar-refractivity contribution >= 4 is 49.0 Å². The van der Waals surface area contributed by atoms with Crippen LogP contribution in [0.3, 0.4) is 0 Å². The van der Waals surface area contributed by atoms with Crippen molar-refractivity contribution in [2.45, 2.75) is 30.6 Å². The summed E-state index contributed by atoms with van der Waals surface area (Å²) in [6.07, 6.45) is 2.31. The Morgan fingerprint density at radius 3 is 2.71 bits per heavy atom. The maximum atomic E-state index is 13.0. The van der Waals surface area contributed by atoms with Gasteiger partial charge in [-0.3, -0.25) is 9.59 Å². The van der Waals surface area contributed by atoms with Gasteiger partial charge in [-0.25, -0.2) is 8.42 Å². The number of methoxy groups -OCH3 is 1. The summed E-state index contributed by atoms with van der Waals surface area (Å²) in [7, 11) is -2.21. The number of fused-ring (bicyclic) bond motifs is 1. The quantitative estimate of drug-likeness (QED) is 0.619. The highest BCUT2D eigenvalue weighted by atomic mass is 79.9. The Morgan fingerprint density at radius 2 is 2.00 bits per heavy atom. The SMILES string of the molecule is COc1cccc(NC(=O)CCS(=O)(=O)c2cc3c(cc2Br)CCN3C(=O)C2CC2)c1. The van der Waals surface area contributed by atoms with Crippen LogP contribution < -0.4 is 15.0 Å². The summed E-state index contributed by atoms with van der Waals surface area (Å²) in [6, 6.07) is 10.2. The maximum Gasteiger partial charge on any atom is 0.230 e. The lowest BCUT2D eigenvalue weighted by atomic mass is 10.2. The summed E-state index contributed by atoms with van der Waals surface area (Å²) >= 11 is 3.36. The van der Waals surface area contributed by atoms with E-state index in [4.69, 9.17) is 4.74 Å². The summed E-state index contributed by atoms with van der Waals surface area (Å²) in [6.45, 7) is 0.573. The van der Waals surface area contributed by atoms with Gasteiger partial charge < -0.3 is 15.0 Å². The number of amides is 2. The van der Waals surface area contributed by atoms with E-state index in [9.17, 15) is 18.0 Å². The van der Waals surface area contributed by atoms with Crippen LogP contribution in [0, 0.1) is 5.92 Å². The number of halogens is 1. The van der Waals surface area contributed by atoms with Gasteiger partial charge in [0.1, 0.15) is 5.75 Å². The predicted molar refractivity (Wildman–Crippen MR) is 121 cm³/mol. The molecule has 0 aromatic heterocycles. The monoisotopic (exact) mass is 506 g/mol.